The van der Waals surface area contributed by atoms with Crippen molar-refractivity contribution in [3.8, 4) is 11.5 Å². The van der Waals surface area contributed by atoms with Crippen LogP contribution < -0.4 is 0 Å². The highest BCUT2D eigenvalue weighted by Crippen LogP contribution is 2.27. The largest absolute Gasteiger partial charge is 0.334 e. The summed E-state index contributed by atoms with van der Waals surface area (Å²) in [6.45, 7) is 1.30. The van der Waals surface area contributed by atoms with Crippen molar-refractivity contribution in [3.05, 3.63) is 101 Å². The van der Waals surface area contributed by atoms with Gasteiger partial charge >= 0.3 is 0 Å². The van der Waals surface area contributed by atoms with Gasteiger partial charge in [-0.3, -0.25) is 4.79 Å². The second kappa shape index (κ2) is 7.26. The lowest BCUT2D eigenvalue weighted by atomic mass is 9.99. The zero-order valence-electron chi connectivity index (χ0n) is 15.7. The van der Waals surface area contributed by atoms with Crippen molar-refractivity contribution in [1.82, 2.24) is 19.2 Å². The summed E-state index contributed by atoms with van der Waals surface area (Å²) in [6, 6.07) is 19.7. The molecule has 0 fully saturated rings. The molecule has 1 aliphatic heterocycles. The molecule has 0 saturated heterocycles. The number of hydrogen-bond acceptors (Lipinski definition) is 2. The van der Waals surface area contributed by atoms with Crippen LogP contribution in [-0.2, 0) is 13.0 Å². The molecule has 6 heteroatoms. The average molecular weight is 403 g/mol. The minimum absolute atomic E-state index is 0.0264. The number of fused-ring (bicyclic) bond motifs is 1. The first-order chi connectivity index (χ1) is 14.2. The van der Waals surface area contributed by atoms with Crippen LogP contribution in [0.5, 0.6) is 0 Å². The minimum atomic E-state index is -0.0264. The van der Waals surface area contributed by atoms with E-state index in [0.717, 1.165) is 12.1 Å². The highest BCUT2D eigenvalue weighted by atomic mass is 35.5. The lowest BCUT2D eigenvalue weighted by Gasteiger charge is -2.29. The fraction of sp³-hybridized carbons (Fsp3) is 0.130. The first-order valence-corrected chi connectivity index (χ1v) is 9.92. The van der Waals surface area contributed by atoms with Gasteiger partial charge < -0.3 is 9.47 Å². The molecule has 0 N–H and O–H groups in total. The first-order valence-electron chi connectivity index (χ1n) is 9.55. The molecule has 0 bridgehead atoms. The van der Waals surface area contributed by atoms with E-state index in [0.29, 0.717) is 29.5 Å². The van der Waals surface area contributed by atoms with Gasteiger partial charge in [-0.25, -0.2) is 4.68 Å². The molecule has 3 heterocycles. The molecule has 0 unspecified atom stereocenters. The number of rotatable bonds is 3. The number of para-hydroxylation sites is 1. The summed E-state index contributed by atoms with van der Waals surface area (Å²) in [6.07, 6.45) is 6.32. The molecule has 144 valence electrons. The van der Waals surface area contributed by atoms with Gasteiger partial charge in [-0.05, 0) is 41.8 Å². The van der Waals surface area contributed by atoms with Crippen molar-refractivity contribution in [2.45, 2.75) is 13.0 Å². The Hall–Kier alpha value is -3.31. The number of carbonyl (C=O) groups excluding carboxylic acids is 1. The second-order valence-corrected chi connectivity index (χ2v) is 7.49. The average Bonchev–Trinajstić information content (AvgIpc) is 3.43. The van der Waals surface area contributed by atoms with Gasteiger partial charge in [0.1, 0.15) is 5.56 Å². The van der Waals surface area contributed by atoms with Gasteiger partial charge in [0.05, 0.1) is 16.9 Å². The molecule has 2 aromatic heterocycles. The maximum Gasteiger partial charge on any atom is 0.259 e. The Labute approximate surface area is 173 Å². The van der Waals surface area contributed by atoms with E-state index in [1.807, 2.05) is 70.4 Å². The molecule has 5 rings (SSSR count). The lowest BCUT2D eigenvalue weighted by molar-refractivity contribution is 0.0734. The highest BCUT2D eigenvalue weighted by molar-refractivity contribution is 6.32. The van der Waals surface area contributed by atoms with E-state index in [4.69, 9.17) is 11.6 Å². The van der Waals surface area contributed by atoms with Crippen LogP contribution in [0.1, 0.15) is 21.5 Å². The predicted octanol–water partition coefficient (Wildman–Crippen LogP) is 4.51. The van der Waals surface area contributed by atoms with Gasteiger partial charge in [0, 0.05) is 25.5 Å². The van der Waals surface area contributed by atoms with E-state index in [2.05, 4.69) is 17.2 Å². The standard InChI is InChI=1S/C23H19ClN4O/c24-20-9-3-4-10-21(20)28-22(26-12-5-6-13-26)19(15-25-28)23(29)27-14-11-17-7-1-2-8-18(17)16-27/h1-10,12-13,15H,11,14,16H2. The van der Waals surface area contributed by atoms with E-state index in [9.17, 15) is 4.79 Å². The van der Waals surface area contributed by atoms with Crippen LogP contribution in [0, 0.1) is 0 Å². The number of carbonyl (C=O) groups is 1. The van der Waals surface area contributed by atoms with Crippen molar-refractivity contribution in [2.75, 3.05) is 6.54 Å². The van der Waals surface area contributed by atoms with Crippen LogP contribution in [0.25, 0.3) is 11.5 Å². The van der Waals surface area contributed by atoms with Crippen LogP contribution in [0.15, 0.2) is 79.3 Å². The fourth-order valence-electron chi connectivity index (χ4n) is 3.86. The molecule has 4 aromatic rings. The number of halogens is 1. The summed E-state index contributed by atoms with van der Waals surface area (Å²) >= 11 is 6.42. The van der Waals surface area contributed by atoms with Crippen molar-refractivity contribution < 1.29 is 4.79 Å². The fourth-order valence-corrected chi connectivity index (χ4v) is 4.07. The molecule has 5 nitrogen and oxygen atoms in total. The Morgan fingerprint density at radius 1 is 0.931 bits per heavy atom. The summed E-state index contributed by atoms with van der Waals surface area (Å²) in [4.78, 5) is 15.4. The third-order valence-corrected chi connectivity index (χ3v) is 5.64. The van der Waals surface area contributed by atoms with E-state index in [1.165, 1.54) is 11.1 Å². The van der Waals surface area contributed by atoms with Crippen LogP contribution in [0.3, 0.4) is 0 Å². The van der Waals surface area contributed by atoms with Gasteiger partial charge in [-0.15, -0.1) is 0 Å². The van der Waals surface area contributed by atoms with Crippen molar-refractivity contribution in [3.63, 3.8) is 0 Å². The smallest absolute Gasteiger partial charge is 0.259 e. The quantitative estimate of drug-likeness (QED) is 0.506. The van der Waals surface area contributed by atoms with Gasteiger partial charge in [0.25, 0.3) is 5.91 Å². The SMILES string of the molecule is O=C(c1cnn(-c2ccccc2Cl)c1-n1cccc1)N1CCc2ccccc2C1. The molecular weight excluding hydrogens is 384 g/mol. The van der Waals surface area contributed by atoms with Crippen LogP contribution >= 0.6 is 11.6 Å². The summed E-state index contributed by atoms with van der Waals surface area (Å²) in [5.74, 6) is 0.661. The van der Waals surface area contributed by atoms with Gasteiger partial charge in [0.15, 0.2) is 5.82 Å². The highest BCUT2D eigenvalue weighted by Gasteiger charge is 2.27. The molecule has 0 radical (unpaired) electrons. The second-order valence-electron chi connectivity index (χ2n) is 7.08. The topological polar surface area (TPSA) is 43.1 Å². The Balaban J connectivity index is 1.58. The Bertz CT molecular complexity index is 1180. The molecule has 0 spiro atoms. The molecule has 0 saturated carbocycles. The minimum Gasteiger partial charge on any atom is -0.334 e. The predicted molar refractivity (Wildman–Crippen MR) is 113 cm³/mol. The van der Waals surface area contributed by atoms with Gasteiger partial charge in [-0.2, -0.15) is 5.10 Å². The van der Waals surface area contributed by atoms with E-state index in [1.54, 1.807) is 10.9 Å². The molecule has 1 amide bonds. The zero-order valence-corrected chi connectivity index (χ0v) is 16.5. The normalized spacial score (nSPS) is 13.3. The van der Waals surface area contributed by atoms with Crippen molar-refractivity contribution in [2.24, 2.45) is 0 Å². The van der Waals surface area contributed by atoms with E-state index < -0.39 is 0 Å². The van der Waals surface area contributed by atoms with Crippen LogP contribution in [0.2, 0.25) is 5.02 Å². The monoisotopic (exact) mass is 402 g/mol. The molecule has 2 aromatic carbocycles. The molecule has 0 atom stereocenters. The molecular formula is C23H19ClN4O. The molecule has 29 heavy (non-hydrogen) atoms. The van der Waals surface area contributed by atoms with Gasteiger partial charge in [0.2, 0.25) is 0 Å². The summed E-state index contributed by atoms with van der Waals surface area (Å²) in [5, 5.41) is 5.11. The van der Waals surface area contributed by atoms with Gasteiger partial charge in [-0.1, -0.05) is 48.0 Å². The maximum absolute atomic E-state index is 13.5. The number of benzene rings is 2. The third-order valence-electron chi connectivity index (χ3n) is 5.32. The lowest BCUT2D eigenvalue weighted by Crippen LogP contribution is -2.36. The zero-order chi connectivity index (χ0) is 19.8. The number of hydrogen-bond donors (Lipinski definition) is 0. The van der Waals surface area contributed by atoms with Crippen molar-refractivity contribution in [1.29, 1.82) is 0 Å². The summed E-state index contributed by atoms with van der Waals surface area (Å²) < 4.78 is 3.63. The van der Waals surface area contributed by atoms with Crippen LogP contribution in [0.4, 0.5) is 0 Å². The molecule has 0 aliphatic carbocycles. The third kappa shape index (κ3) is 3.13. The summed E-state index contributed by atoms with van der Waals surface area (Å²) in [5.41, 5.74) is 3.81. The first kappa shape index (κ1) is 17.8. The Morgan fingerprint density at radius 2 is 1.66 bits per heavy atom. The Kier molecular flexibility index (Phi) is 4.45. The molecule has 1 aliphatic rings. The van der Waals surface area contributed by atoms with E-state index in [-0.39, 0.29) is 5.91 Å². The summed E-state index contributed by atoms with van der Waals surface area (Å²) in [7, 11) is 0. The number of aromatic nitrogens is 3. The number of nitrogens with zero attached hydrogens (tertiary/aromatic N) is 4. The Morgan fingerprint density at radius 3 is 2.45 bits per heavy atom. The maximum atomic E-state index is 13.5. The van der Waals surface area contributed by atoms with Crippen LogP contribution in [-0.4, -0.2) is 31.7 Å². The van der Waals surface area contributed by atoms with E-state index >= 15 is 0 Å². The van der Waals surface area contributed by atoms with Crippen molar-refractivity contribution >= 4 is 17.5 Å². The number of amides is 1.